The molecule has 1 aromatic heterocycles. The summed E-state index contributed by atoms with van der Waals surface area (Å²) >= 11 is 0. The Morgan fingerprint density at radius 1 is 1.22 bits per heavy atom. The molecule has 0 atom stereocenters. The molecule has 0 radical (unpaired) electrons. The van der Waals surface area contributed by atoms with Gasteiger partial charge in [0.1, 0.15) is 23.9 Å². The quantitative estimate of drug-likeness (QED) is 0.690. The van der Waals surface area contributed by atoms with E-state index in [0.29, 0.717) is 18.0 Å². The fourth-order valence-electron chi connectivity index (χ4n) is 2.61. The number of anilines is 1. The van der Waals surface area contributed by atoms with Gasteiger partial charge < -0.3 is 19.7 Å². The van der Waals surface area contributed by atoms with Crippen LogP contribution in [-0.4, -0.2) is 20.6 Å². The molecule has 0 aliphatic heterocycles. The van der Waals surface area contributed by atoms with Gasteiger partial charge in [-0.3, -0.25) is 4.79 Å². The monoisotopic (exact) mass is 365 g/mol. The van der Waals surface area contributed by atoms with Crippen molar-refractivity contribution >= 4 is 11.6 Å². The number of hydrogen-bond acceptors (Lipinski definition) is 4. The maximum atomic E-state index is 12.5. The highest BCUT2D eigenvalue weighted by Gasteiger charge is 2.13. The number of aromatic nitrogens is 2. The molecule has 0 spiro atoms. The predicted octanol–water partition coefficient (Wildman–Crippen LogP) is 4.08. The Morgan fingerprint density at radius 3 is 2.59 bits per heavy atom. The van der Waals surface area contributed by atoms with E-state index >= 15 is 0 Å². The largest absolute Gasteiger partial charge is 0.507 e. The standard InChI is InChI=1S/C21H23N3O3/c1-14(2)15-4-9-19(25)18(12-15)21(26)23-16-5-7-17(8-6-16)27-13-20-22-10-11-24(20)3/h4-12,14,25H,13H2,1-3H3,(H,23,26). The van der Waals surface area contributed by atoms with Crippen LogP contribution in [0.15, 0.2) is 54.9 Å². The van der Waals surface area contributed by atoms with E-state index in [-0.39, 0.29) is 23.1 Å². The van der Waals surface area contributed by atoms with E-state index in [1.165, 1.54) is 0 Å². The molecule has 0 saturated carbocycles. The molecule has 6 nitrogen and oxygen atoms in total. The van der Waals surface area contributed by atoms with Gasteiger partial charge in [-0.15, -0.1) is 0 Å². The number of benzene rings is 2. The second-order valence-electron chi connectivity index (χ2n) is 6.65. The zero-order chi connectivity index (χ0) is 19.4. The van der Waals surface area contributed by atoms with Gasteiger partial charge in [-0.05, 0) is 47.9 Å². The third-order valence-electron chi connectivity index (χ3n) is 4.33. The lowest BCUT2D eigenvalue weighted by molar-refractivity contribution is 0.102. The van der Waals surface area contributed by atoms with Gasteiger partial charge in [-0.25, -0.2) is 4.98 Å². The number of ether oxygens (including phenoxy) is 1. The van der Waals surface area contributed by atoms with Crippen molar-refractivity contribution in [3.63, 3.8) is 0 Å². The molecule has 0 bridgehead atoms. The van der Waals surface area contributed by atoms with Crippen molar-refractivity contribution < 1.29 is 14.6 Å². The molecule has 0 aliphatic rings. The number of phenolic OH excluding ortho intramolecular Hbond substituents is 1. The summed E-state index contributed by atoms with van der Waals surface area (Å²) in [6.07, 6.45) is 3.59. The van der Waals surface area contributed by atoms with Crippen LogP contribution in [0.1, 0.15) is 41.5 Å². The van der Waals surface area contributed by atoms with Crippen LogP contribution in [0.25, 0.3) is 0 Å². The fraction of sp³-hybridized carbons (Fsp3) is 0.238. The number of nitrogens with one attached hydrogen (secondary N) is 1. The maximum Gasteiger partial charge on any atom is 0.259 e. The van der Waals surface area contributed by atoms with Gasteiger partial charge in [0.2, 0.25) is 0 Å². The number of amides is 1. The summed E-state index contributed by atoms with van der Waals surface area (Å²) in [7, 11) is 1.91. The van der Waals surface area contributed by atoms with Crippen molar-refractivity contribution in [1.29, 1.82) is 0 Å². The van der Waals surface area contributed by atoms with E-state index < -0.39 is 0 Å². The lowest BCUT2D eigenvalue weighted by Crippen LogP contribution is -2.12. The van der Waals surface area contributed by atoms with Crippen LogP contribution in [0.4, 0.5) is 5.69 Å². The molecular weight excluding hydrogens is 342 g/mol. The van der Waals surface area contributed by atoms with Crippen molar-refractivity contribution in [3.05, 3.63) is 71.8 Å². The van der Waals surface area contributed by atoms with Crippen LogP contribution in [0.5, 0.6) is 11.5 Å². The Hall–Kier alpha value is -3.28. The first-order chi connectivity index (χ1) is 12.9. The Labute approximate surface area is 158 Å². The normalized spacial score (nSPS) is 10.8. The van der Waals surface area contributed by atoms with Crippen molar-refractivity contribution in [3.8, 4) is 11.5 Å². The van der Waals surface area contributed by atoms with Gasteiger partial charge in [-0.2, -0.15) is 0 Å². The molecule has 0 saturated heterocycles. The molecular formula is C21H23N3O3. The van der Waals surface area contributed by atoms with Gasteiger partial charge in [0.25, 0.3) is 5.91 Å². The molecule has 0 aliphatic carbocycles. The molecule has 0 unspecified atom stereocenters. The Morgan fingerprint density at radius 2 is 1.96 bits per heavy atom. The number of imidazole rings is 1. The minimum atomic E-state index is -0.350. The van der Waals surface area contributed by atoms with Crippen molar-refractivity contribution in [2.75, 3.05) is 5.32 Å². The smallest absolute Gasteiger partial charge is 0.259 e. The topological polar surface area (TPSA) is 76.4 Å². The summed E-state index contributed by atoms with van der Waals surface area (Å²) in [5.41, 5.74) is 1.88. The van der Waals surface area contributed by atoms with E-state index in [0.717, 1.165) is 11.4 Å². The van der Waals surface area contributed by atoms with Gasteiger partial charge in [-0.1, -0.05) is 19.9 Å². The predicted molar refractivity (Wildman–Crippen MR) is 104 cm³/mol. The maximum absolute atomic E-state index is 12.5. The van der Waals surface area contributed by atoms with E-state index in [1.807, 2.05) is 37.7 Å². The highest BCUT2D eigenvalue weighted by molar-refractivity contribution is 6.06. The molecule has 3 aromatic rings. The summed E-state index contributed by atoms with van der Waals surface area (Å²) in [5.74, 6) is 1.39. The van der Waals surface area contributed by atoms with Gasteiger partial charge in [0.15, 0.2) is 0 Å². The molecule has 27 heavy (non-hydrogen) atoms. The number of aromatic hydroxyl groups is 1. The average molecular weight is 365 g/mol. The summed E-state index contributed by atoms with van der Waals surface area (Å²) in [5, 5.41) is 12.8. The number of phenols is 1. The van der Waals surface area contributed by atoms with Gasteiger partial charge in [0, 0.05) is 25.1 Å². The van der Waals surface area contributed by atoms with Crippen LogP contribution in [0.2, 0.25) is 0 Å². The lowest BCUT2D eigenvalue weighted by Gasteiger charge is -2.11. The van der Waals surface area contributed by atoms with E-state index in [1.54, 1.807) is 42.6 Å². The minimum Gasteiger partial charge on any atom is -0.507 e. The zero-order valence-electron chi connectivity index (χ0n) is 15.6. The highest BCUT2D eigenvalue weighted by atomic mass is 16.5. The van der Waals surface area contributed by atoms with Crippen LogP contribution < -0.4 is 10.1 Å². The molecule has 2 N–H and O–H groups in total. The number of aryl methyl sites for hydroxylation is 1. The average Bonchev–Trinajstić information content (AvgIpc) is 3.06. The SMILES string of the molecule is CC(C)c1ccc(O)c(C(=O)Nc2ccc(OCc3nccn3C)cc2)c1. The molecule has 0 fully saturated rings. The van der Waals surface area contributed by atoms with E-state index in [4.69, 9.17) is 4.74 Å². The van der Waals surface area contributed by atoms with Crippen LogP contribution in [0.3, 0.4) is 0 Å². The summed E-state index contributed by atoms with van der Waals surface area (Å²) in [6.45, 7) is 4.45. The van der Waals surface area contributed by atoms with Gasteiger partial charge in [0.05, 0.1) is 5.56 Å². The first-order valence-corrected chi connectivity index (χ1v) is 8.77. The van der Waals surface area contributed by atoms with Crippen LogP contribution in [0, 0.1) is 0 Å². The Kier molecular flexibility index (Phi) is 5.45. The molecule has 2 aromatic carbocycles. The minimum absolute atomic E-state index is 0.0353. The van der Waals surface area contributed by atoms with Crippen molar-refractivity contribution in [2.45, 2.75) is 26.4 Å². The summed E-state index contributed by atoms with van der Waals surface area (Å²) in [6, 6.07) is 12.2. The highest BCUT2D eigenvalue weighted by Crippen LogP contribution is 2.25. The second-order valence-corrected chi connectivity index (χ2v) is 6.65. The number of rotatable bonds is 6. The Balaban J connectivity index is 1.65. The Bertz CT molecular complexity index is 930. The number of carbonyl (C=O) groups excluding carboxylic acids is 1. The van der Waals surface area contributed by atoms with Crippen LogP contribution in [-0.2, 0) is 13.7 Å². The van der Waals surface area contributed by atoms with Crippen LogP contribution >= 0.6 is 0 Å². The number of hydrogen-bond donors (Lipinski definition) is 2. The zero-order valence-corrected chi connectivity index (χ0v) is 15.6. The first-order valence-electron chi connectivity index (χ1n) is 8.77. The molecule has 1 amide bonds. The summed E-state index contributed by atoms with van der Waals surface area (Å²) < 4.78 is 7.60. The van der Waals surface area contributed by atoms with Crippen molar-refractivity contribution in [2.24, 2.45) is 7.05 Å². The van der Waals surface area contributed by atoms with E-state index in [2.05, 4.69) is 10.3 Å². The molecule has 3 rings (SSSR count). The van der Waals surface area contributed by atoms with Gasteiger partial charge >= 0.3 is 0 Å². The van der Waals surface area contributed by atoms with Crippen molar-refractivity contribution in [1.82, 2.24) is 9.55 Å². The van der Waals surface area contributed by atoms with E-state index in [9.17, 15) is 9.90 Å². The lowest BCUT2D eigenvalue weighted by atomic mass is 10.00. The third kappa shape index (κ3) is 4.47. The third-order valence-corrected chi connectivity index (χ3v) is 4.33. The summed E-state index contributed by atoms with van der Waals surface area (Å²) in [4.78, 5) is 16.7. The second kappa shape index (κ2) is 7.95. The number of carbonyl (C=O) groups is 1. The fourth-order valence-corrected chi connectivity index (χ4v) is 2.61. The molecule has 6 heteroatoms. The molecule has 1 heterocycles. The molecule has 140 valence electrons. The number of nitrogens with zero attached hydrogens (tertiary/aromatic N) is 2. The first kappa shape index (κ1) is 18.5.